The summed E-state index contributed by atoms with van der Waals surface area (Å²) < 4.78 is 0. The van der Waals surface area contributed by atoms with Gasteiger partial charge in [-0.1, -0.05) is 48.0 Å². The van der Waals surface area contributed by atoms with E-state index >= 15 is 0 Å². The quantitative estimate of drug-likeness (QED) is 0.736. The third-order valence-corrected chi connectivity index (χ3v) is 5.82. The van der Waals surface area contributed by atoms with E-state index in [9.17, 15) is 9.59 Å². The summed E-state index contributed by atoms with van der Waals surface area (Å²) in [6.45, 7) is 0. The standard InChI is InChI=1S/C22H16ClNO2/c23-13-6-3-5-12(11-13)18-19-16(9-4-10-17(19)25)24-21-14-7-1-2-8-15(14)22(26)20(18)21/h1-3,5-8,11,18,20H,4,9-10H2/t18-,20-/m1/s1. The lowest BCUT2D eigenvalue weighted by Crippen LogP contribution is -2.33. The van der Waals surface area contributed by atoms with E-state index in [2.05, 4.69) is 0 Å². The molecule has 0 unspecified atom stereocenters. The van der Waals surface area contributed by atoms with Gasteiger partial charge >= 0.3 is 0 Å². The molecule has 0 saturated heterocycles. The number of hydrogen-bond acceptors (Lipinski definition) is 3. The van der Waals surface area contributed by atoms with Crippen molar-refractivity contribution in [3.63, 3.8) is 0 Å². The highest BCUT2D eigenvalue weighted by atomic mass is 35.5. The molecule has 0 amide bonds. The monoisotopic (exact) mass is 361 g/mol. The lowest BCUT2D eigenvalue weighted by Gasteiger charge is -2.33. The first kappa shape index (κ1) is 15.7. The fourth-order valence-electron chi connectivity index (χ4n) is 4.51. The zero-order valence-corrected chi connectivity index (χ0v) is 14.8. The molecule has 2 aromatic rings. The highest BCUT2D eigenvalue weighted by Gasteiger charge is 2.48. The van der Waals surface area contributed by atoms with Crippen molar-refractivity contribution in [3.8, 4) is 0 Å². The van der Waals surface area contributed by atoms with Crippen LogP contribution in [0.4, 0.5) is 0 Å². The van der Waals surface area contributed by atoms with Crippen LogP contribution in [-0.4, -0.2) is 17.3 Å². The fourth-order valence-corrected chi connectivity index (χ4v) is 4.71. The number of ketones is 2. The molecule has 0 saturated carbocycles. The molecule has 26 heavy (non-hydrogen) atoms. The van der Waals surface area contributed by atoms with Crippen molar-refractivity contribution in [3.05, 3.63) is 81.5 Å². The highest BCUT2D eigenvalue weighted by Crippen LogP contribution is 2.48. The van der Waals surface area contributed by atoms with E-state index in [-0.39, 0.29) is 17.5 Å². The van der Waals surface area contributed by atoms with Crippen molar-refractivity contribution >= 4 is 28.9 Å². The number of nitrogens with zero attached hydrogens (tertiary/aromatic N) is 1. The molecule has 3 aliphatic rings. The number of benzene rings is 2. The molecule has 2 atom stereocenters. The van der Waals surface area contributed by atoms with Gasteiger partial charge in [-0.3, -0.25) is 14.6 Å². The summed E-state index contributed by atoms with van der Waals surface area (Å²) >= 11 is 6.23. The smallest absolute Gasteiger partial charge is 0.173 e. The van der Waals surface area contributed by atoms with Gasteiger partial charge in [-0.25, -0.2) is 0 Å². The van der Waals surface area contributed by atoms with Crippen LogP contribution in [0.15, 0.2) is 64.8 Å². The Morgan fingerprint density at radius 3 is 2.54 bits per heavy atom. The van der Waals surface area contributed by atoms with E-state index in [1.54, 1.807) is 0 Å². The first-order valence-corrected chi connectivity index (χ1v) is 9.27. The Morgan fingerprint density at radius 1 is 0.923 bits per heavy atom. The maximum Gasteiger partial charge on any atom is 0.173 e. The Hall–Kier alpha value is -2.52. The first-order valence-electron chi connectivity index (χ1n) is 8.89. The number of Topliss-reactive ketones (excluding diaryl/α,β-unsaturated/α-hetero) is 2. The minimum absolute atomic E-state index is 0.0502. The predicted octanol–water partition coefficient (Wildman–Crippen LogP) is 4.75. The van der Waals surface area contributed by atoms with E-state index in [0.29, 0.717) is 22.6 Å². The molecule has 4 heteroatoms. The molecule has 0 fully saturated rings. The lowest BCUT2D eigenvalue weighted by molar-refractivity contribution is -0.116. The average Bonchev–Trinajstić information content (AvgIpc) is 2.93. The summed E-state index contributed by atoms with van der Waals surface area (Å²) in [5.41, 5.74) is 4.90. The van der Waals surface area contributed by atoms with Crippen LogP contribution in [0.2, 0.25) is 5.02 Å². The van der Waals surface area contributed by atoms with Gasteiger partial charge in [-0.15, -0.1) is 0 Å². The van der Waals surface area contributed by atoms with Crippen LogP contribution in [-0.2, 0) is 4.79 Å². The first-order chi connectivity index (χ1) is 12.6. The molecule has 0 bridgehead atoms. The molecule has 128 valence electrons. The zero-order chi connectivity index (χ0) is 17.8. The number of aliphatic imine (C=N–C) groups is 1. The summed E-state index contributed by atoms with van der Waals surface area (Å²) in [5.74, 6) is -0.576. The Labute approximate surface area is 156 Å². The van der Waals surface area contributed by atoms with Gasteiger partial charge in [0, 0.05) is 39.8 Å². The van der Waals surface area contributed by atoms with Crippen molar-refractivity contribution < 1.29 is 9.59 Å². The average molecular weight is 362 g/mol. The zero-order valence-electron chi connectivity index (χ0n) is 14.0. The number of halogens is 1. The van der Waals surface area contributed by atoms with E-state index in [0.717, 1.165) is 35.4 Å². The maximum absolute atomic E-state index is 13.2. The Morgan fingerprint density at radius 2 is 1.73 bits per heavy atom. The molecule has 0 aromatic heterocycles. The summed E-state index contributed by atoms with van der Waals surface area (Å²) in [6, 6.07) is 15.1. The molecule has 5 rings (SSSR count). The van der Waals surface area contributed by atoms with Crippen LogP contribution in [0.25, 0.3) is 0 Å². The van der Waals surface area contributed by atoms with Crippen LogP contribution < -0.4 is 0 Å². The summed E-state index contributed by atoms with van der Waals surface area (Å²) in [6.07, 6.45) is 2.12. The largest absolute Gasteiger partial charge is 0.294 e. The summed E-state index contributed by atoms with van der Waals surface area (Å²) in [5, 5.41) is 0.611. The second-order valence-electron chi connectivity index (χ2n) is 7.05. The van der Waals surface area contributed by atoms with E-state index in [4.69, 9.17) is 16.6 Å². The van der Waals surface area contributed by atoms with Gasteiger partial charge in [0.15, 0.2) is 11.6 Å². The molecule has 2 aromatic carbocycles. The predicted molar refractivity (Wildman–Crippen MR) is 101 cm³/mol. The van der Waals surface area contributed by atoms with Crippen LogP contribution in [0.5, 0.6) is 0 Å². The normalized spacial score (nSPS) is 24.1. The van der Waals surface area contributed by atoms with E-state index in [1.165, 1.54) is 0 Å². The number of carbonyl (C=O) groups is 2. The molecule has 1 heterocycles. The van der Waals surface area contributed by atoms with Crippen molar-refractivity contribution in [2.24, 2.45) is 10.9 Å². The number of allylic oxidation sites excluding steroid dienone is 2. The number of carbonyl (C=O) groups excluding carboxylic acids is 2. The molecule has 0 spiro atoms. The molecular weight excluding hydrogens is 346 g/mol. The van der Waals surface area contributed by atoms with Crippen molar-refractivity contribution in [1.82, 2.24) is 0 Å². The molecule has 2 aliphatic carbocycles. The molecule has 0 radical (unpaired) electrons. The maximum atomic E-state index is 13.2. The second kappa shape index (κ2) is 5.75. The summed E-state index contributed by atoms with van der Waals surface area (Å²) in [7, 11) is 0. The van der Waals surface area contributed by atoms with Crippen molar-refractivity contribution in [2.45, 2.75) is 25.2 Å². The highest BCUT2D eigenvalue weighted by molar-refractivity contribution is 6.31. The third-order valence-electron chi connectivity index (χ3n) is 5.58. The fraction of sp³-hybridized carbons (Fsp3) is 0.227. The number of hydrogen-bond donors (Lipinski definition) is 0. The minimum Gasteiger partial charge on any atom is -0.294 e. The van der Waals surface area contributed by atoms with Crippen LogP contribution >= 0.6 is 11.6 Å². The van der Waals surface area contributed by atoms with Gasteiger partial charge in [-0.2, -0.15) is 0 Å². The Bertz CT molecular complexity index is 1030. The Balaban J connectivity index is 1.78. The third kappa shape index (κ3) is 2.17. The van der Waals surface area contributed by atoms with Gasteiger partial charge < -0.3 is 0 Å². The van der Waals surface area contributed by atoms with E-state index < -0.39 is 5.92 Å². The van der Waals surface area contributed by atoms with Crippen LogP contribution in [0.3, 0.4) is 0 Å². The van der Waals surface area contributed by atoms with Gasteiger partial charge in [-0.05, 0) is 30.5 Å². The molecule has 0 N–H and O–H groups in total. The van der Waals surface area contributed by atoms with Crippen molar-refractivity contribution in [1.29, 1.82) is 0 Å². The number of rotatable bonds is 1. The molecule has 3 nitrogen and oxygen atoms in total. The van der Waals surface area contributed by atoms with Gasteiger partial charge in [0.1, 0.15) is 0 Å². The van der Waals surface area contributed by atoms with E-state index in [1.807, 2.05) is 48.5 Å². The SMILES string of the molecule is O=C1CCCC2=C1[C@@H](c1cccc(Cl)c1)[C@H]1C(=O)c3ccccc3C1=N2. The van der Waals surface area contributed by atoms with Gasteiger partial charge in [0.25, 0.3) is 0 Å². The van der Waals surface area contributed by atoms with Crippen LogP contribution in [0, 0.1) is 5.92 Å². The van der Waals surface area contributed by atoms with Gasteiger partial charge in [0.2, 0.25) is 0 Å². The topological polar surface area (TPSA) is 46.5 Å². The lowest BCUT2D eigenvalue weighted by atomic mass is 9.71. The number of fused-ring (bicyclic) bond motifs is 3. The Kier molecular flexibility index (Phi) is 3.47. The summed E-state index contributed by atoms with van der Waals surface area (Å²) in [4.78, 5) is 30.9. The minimum atomic E-state index is -0.438. The van der Waals surface area contributed by atoms with Crippen LogP contribution in [0.1, 0.15) is 46.7 Å². The van der Waals surface area contributed by atoms with Crippen molar-refractivity contribution in [2.75, 3.05) is 0 Å². The molecule has 1 aliphatic heterocycles. The van der Waals surface area contributed by atoms with Gasteiger partial charge in [0.05, 0.1) is 11.6 Å². The second-order valence-corrected chi connectivity index (χ2v) is 7.49. The molecular formula is C22H16ClNO2.